The maximum Gasteiger partial charge on any atom is 0.258 e. The average molecular weight is 227 g/mol. The van der Waals surface area contributed by atoms with Crippen LogP contribution in [0.1, 0.15) is 15.9 Å². The predicted octanol–water partition coefficient (Wildman–Crippen LogP) is 1.12. The van der Waals surface area contributed by atoms with Crippen molar-refractivity contribution in [3.05, 3.63) is 41.7 Å². The molecule has 0 spiro atoms. The maximum absolute atomic E-state index is 11.7. The number of nitriles is 1. The second-order valence-electron chi connectivity index (χ2n) is 3.35. The normalized spacial score (nSPS) is 9.59. The molecule has 6 heteroatoms. The number of hydrogen-bond donors (Lipinski definition) is 3. The summed E-state index contributed by atoms with van der Waals surface area (Å²) >= 11 is 0. The Hall–Kier alpha value is -2.81. The molecule has 17 heavy (non-hydrogen) atoms. The van der Waals surface area contributed by atoms with E-state index in [1.165, 1.54) is 18.5 Å². The van der Waals surface area contributed by atoms with Gasteiger partial charge in [-0.3, -0.25) is 9.89 Å². The summed E-state index contributed by atoms with van der Waals surface area (Å²) in [6.45, 7) is 0. The van der Waals surface area contributed by atoms with Crippen LogP contribution in [0.2, 0.25) is 0 Å². The molecule has 0 atom stereocenters. The van der Waals surface area contributed by atoms with Gasteiger partial charge in [0.2, 0.25) is 0 Å². The summed E-state index contributed by atoms with van der Waals surface area (Å²) < 4.78 is 0. The lowest BCUT2D eigenvalue weighted by atomic mass is 10.2. The fourth-order valence-corrected chi connectivity index (χ4v) is 1.32. The molecule has 0 saturated carbocycles. The fraction of sp³-hybridized carbons (Fsp3) is 0. The van der Waals surface area contributed by atoms with Gasteiger partial charge in [0.1, 0.15) is 0 Å². The van der Waals surface area contributed by atoms with Crippen molar-refractivity contribution in [1.82, 2.24) is 10.2 Å². The van der Waals surface area contributed by atoms with Crippen LogP contribution in [0.25, 0.3) is 0 Å². The number of nitrogen functional groups attached to an aromatic ring is 1. The SMILES string of the molecule is N#Cc1ccc(NC(=O)c2cn[nH]c2)c(N)c1. The standard InChI is InChI=1S/C11H9N5O/c12-4-7-1-2-10(9(13)3-7)16-11(17)8-5-14-15-6-8/h1-3,5-6H,13H2,(H,14,15)(H,16,17). The molecule has 2 rings (SSSR count). The van der Waals surface area contributed by atoms with Crippen LogP contribution in [0.5, 0.6) is 0 Å². The zero-order chi connectivity index (χ0) is 12.3. The average Bonchev–Trinajstić information content (AvgIpc) is 2.85. The number of rotatable bonds is 2. The summed E-state index contributed by atoms with van der Waals surface area (Å²) in [5.74, 6) is -0.310. The first-order valence-corrected chi connectivity index (χ1v) is 4.80. The lowest BCUT2D eigenvalue weighted by Gasteiger charge is -2.06. The van der Waals surface area contributed by atoms with Crippen LogP contribution in [-0.4, -0.2) is 16.1 Å². The van der Waals surface area contributed by atoms with Gasteiger partial charge in [-0.1, -0.05) is 0 Å². The Kier molecular flexibility index (Phi) is 2.75. The minimum Gasteiger partial charge on any atom is -0.397 e. The number of amides is 1. The molecule has 0 fully saturated rings. The summed E-state index contributed by atoms with van der Waals surface area (Å²) in [4.78, 5) is 11.7. The third-order valence-electron chi connectivity index (χ3n) is 2.19. The van der Waals surface area contributed by atoms with Gasteiger partial charge in [0.15, 0.2) is 0 Å². The number of hydrogen-bond acceptors (Lipinski definition) is 4. The third-order valence-corrected chi connectivity index (χ3v) is 2.19. The van der Waals surface area contributed by atoms with Crippen LogP contribution in [0.3, 0.4) is 0 Å². The lowest BCUT2D eigenvalue weighted by Crippen LogP contribution is -2.12. The van der Waals surface area contributed by atoms with E-state index in [2.05, 4.69) is 15.5 Å². The zero-order valence-electron chi connectivity index (χ0n) is 8.77. The van der Waals surface area contributed by atoms with Gasteiger partial charge in [-0.05, 0) is 18.2 Å². The molecule has 0 aliphatic carbocycles. The third kappa shape index (κ3) is 2.23. The Labute approximate surface area is 97.1 Å². The fourth-order valence-electron chi connectivity index (χ4n) is 1.32. The molecular weight excluding hydrogens is 218 g/mol. The summed E-state index contributed by atoms with van der Waals surface area (Å²) in [6.07, 6.45) is 2.89. The first-order chi connectivity index (χ1) is 8.20. The second kappa shape index (κ2) is 4.37. The molecule has 0 aliphatic rings. The van der Waals surface area contributed by atoms with Gasteiger partial charge >= 0.3 is 0 Å². The maximum atomic E-state index is 11.7. The molecule has 0 saturated heterocycles. The number of carbonyl (C=O) groups excluding carboxylic acids is 1. The smallest absolute Gasteiger partial charge is 0.258 e. The molecular formula is C11H9N5O. The molecule has 1 heterocycles. The number of aromatic amines is 1. The topological polar surface area (TPSA) is 108 Å². The van der Waals surface area contributed by atoms with E-state index < -0.39 is 0 Å². The van der Waals surface area contributed by atoms with Crippen LogP contribution < -0.4 is 11.1 Å². The van der Waals surface area contributed by atoms with Gasteiger partial charge in [-0.25, -0.2) is 0 Å². The van der Waals surface area contributed by atoms with E-state index in [1.54, 1.807) is 12.1 Å². The number of nitrogens with one attached hydrogen (secondary N) is 2. The van der Waals surface area contributed by atoms with Crippen LogP contribution >= 0.6 is 0 Å². The highest BCUT2D eigenvalue weighted by Crippen LogP contribution is 2.20. The summed E-state index contributed by atoms with van der Waals surface area (Å²) in [5.41, 5.74) is 7.38. The number of H-pyrrole nitrogens is 1. The van der Waals surface area contributed by atoms with Gasteiger partial charge in [-0.2, -0.15) is 10.4 Å². The Morgan fingerprint density at radius 3 is 2.94 bits per heavy atom. The molecule has 0 radical (unpaired) electrons. The predicted molar refractivity (Wildman–Crippen MR) is 62.1 cm³/mol. The number of nitrogens with two attached hydrogens (primary N) is 1. The number of anilines is 2. The highest BCUT2D eigenvalue weighted by atomic mass is 16.1. The lowest BCUT2D eigenvalue weighted by molar-refractivity contribution is 0.102. The minimum atomic E-state index is -0.310. The monoisotopic (exact) mass is 227 g/mol. The minimum absolute atomic E-state index is 0.310. The summed E-state index contributed by atoms with van der Waals surface area (Å²) in [5, 5.41) is 17.5. The van der Waals surface area contributed by atoms with Crippen molar-refractivity contribution in [3.63, 3.8) is 0 Å². The summed E-state index contributed by atoms with van der Waals surface area (Å²) in [7, 11) is 0. The molecule has 4 N–H and O–H groups in total. The van der Waals surface area contributed by atoms with E-state index in [0.717, 1.165) is 0 Å². The van der Waals surface area contributed by atoms with E-state index in [0.29, 0.717) is 22.5 Å². The van der Waals surface area contributed by atoms with E-state index in [1.807, 2.05) is 6.07 Å². The molecule has 1 aromatic heterocycles. The molecule has 84 valence electrons. The van der Waals surface area contributed by atoms with Crippen molar-refractivity contribution < 1.29 is 4.79 Å². The Bertz CT molecular complexity index is 582. The second-order valence-corrected chi connectivity index (χ2v) is 3.35. The van der Waals surface area contributed by atoms with Crippen molar-refractivity contribution in [1.29, 1.82) is 5.26 Å². The number of benzene rings is 1. The Morgan fingerprint density at radius 2 is 2.35 bits per heavy atom. The number of aromatic nitrogens is 2. The van der Waals surface area contributed by atoms with Gasteiger partial charge in [0.25, 0.3) is 5.91 Å². The largest absolute Gasteiger partial charge is 0.397 e. The molecule has 1 aromatic carbocycles. The van der Waals surface area contributed by atoms with Crippen LogP contribution in [0, 0.1) is 11.3 Å². The molecule has 1 amide bonds. The van der Waals surface area contributed by atoms with Crippen LogP contribution in [0.4, 0.5) is 11.4 Å². The quantitative estimate of drug-likeness (QED) is 0.668. The Balaban J connectivity index is 2.20. The van der Waals surface area contributed by atoms with Crippen molar-refractivity contribution in [2.75, 3.05) is 11.1 Å². The molecule has 0 unspecified atom stereocenters. The van der Waals surface area contributed by atoms with Gasteiger partial charge in [-0.15, -0.1) is 0 Å². The summed E-state index contributed by atoms with van der Waals surface area (Å²) in [6, 6.07) is 6.65. The van der Waals surface area contributed by atoms with Crippen molar-refractivity contribution >= 4 is 17.3 Å². The molecule has 0 aliphatic heterocycles. The van der Waals surface area contributed by atoms with Gasteiger partial charge < -0.3 is 11.1 Å². The highest BCUT2D eigenvalue weighted by Gasteiger charge is 2.09. The first kappa shape index (κ1) is 10.7. The zero-order valence-corrected chi connectivity index (χ0v) is 8.77. The van der Waals surface area contributed by atoms with E-state index in [9.17, 15) is 4.79 Å². The molecule has 2 aromatic rings. The van der Waals surface area contributed by atoms with Crippen molar-refractivity contribution in [3.8, 4) is 6.07 Å². The Morgan fingerprint density at radius 1 is 1.53 bits per heavy atom. The molecule has 0 bridgehead atoms. The van der Waals surface area contributed by atoms with Crippen molar-refractivity contribution in [2.45, 2.75) is 0 Å². The van der Waals surface area contributed by atoms with Gasteiger partial charge in [0, 0.05) is 6.20 Å². The van der Waals surface area contributed by atoms with Crippen LogP contribution in [0.15, 0.2) is 30.6 Å². The first-order valence-electron chi connectivity index (χ1n) is 4.80. The number of carbonyl (C=O) groups is 1. The highest BCUT2D eigenvalue weighted by molar-refractivity contribution is 6.05. The van der Waals surface area contributed by atoms with E-state index in [-0.39, 0.29) is 5.91 Å². The van der Waals surface area contributed by atoms with E-state index >= 15 is 0 Å². The van der Waals surface area contributed by atoms with Gasteiger partial charge in [0.05, 0.1) is 34.8 Å². The van der Waals surface area contributed by atoms with Crippen molar-refractivity contribution in [2.24, 2.45) is 0 Å². The molecule has 6 nitrogen and oxygen atoms in total. The van der Waals surface area contributed by atoms with Crippen LogP contribution in [-0.2, 0) is 0 Å². The van der Waals surface area contributed by atoms with E-state index in [4.69, 9.17) is 11.0 Å². The number of nitrogens with zero attached hydrogens (tertiary/aromatic N) is 2.